The number of hydrogen-bond acceptors (Lipinski definition) is 6. The molecular formula is C21H23Cl2N4O5PS. The third-order valence-corrected chi connectivity index (χ3v) is 6.48. The molecule has 1 unspecified atom stereocenters. The van der Waals surface area contributed by atoms with Gasteiger partial charge in [0, 0.05) is 33.8 Å². The summed E-state index contributed by atoms with van der Waals surface area (Å²) in [4.78, 5) is 43.1. The van der Waals surface area contributed by atoms with Crippen LogP contribution in [0, 0.1) is 0 Å². The Morgan fingerprint density at radius 2 is 1.85 bits per heavy atom. The summed E-state index contributed by atoms with van der Waals surface area (Å²) in [6.45, 7) is 4.00. The van der Waals surface area contributed by atoms with E-state index in [4.69, 9.17) is 42.7 Å². The number of rotatable bonds is 9. The first-order valence-electron chi connectivity index (χ1n) is 10.1. The van der Waals surface area contributed by atoms with Gasteiger partial charge in [0.1, 0.15) is 17.1 Å². The maximum absolute atomic E-state index is 12.3. The lowest BCUT2D eigenvalue weighted by molar-refractivity contribution is 0.0937. The molecule has 34 heavy (non-hydrogen) atoms. The molecule has 4 N–H and O–H groups in total. The molecule has 3 rings (SSSR count). The highest BCUT2D eigenvalue weighted by Crippen LogP contribution is 2.37. The van der Waals surface area contributed by atoms with Crippen molar-refractivity contribution < 1.29 is 23.9 Å². The van der Waals surface area contributed by atoms with Gasteiger partial charge in [0.05, 0.1) is 5.69 Å². The van der Waals surface area contributed by atoms with Crippen molar-refractivity contribution >= 4 is 48.7 Å². The number of pyridine rings is 1. The maximum Gasteiger partial charge on any atom is 0.408 e. The monoisotopic (exact) mass is 544 g/mol. The Labute approximate surface area is 210 Å². The van der Waals surface area contributed by atoms with E-state index in [9.17, 15) is 9.36 Å². The molecule has 182 valence electrons. The zero-order chi connectivity index (χ0) is 24.9. The summed E-state index contributed by atoms with van der Waals surface area (Å²) < 4.78 is 16.6. The van der Waals surface area contributed by atoms with Gasteiger partial charge < -0.3 is 24.8 Å². The van der Waals surface area contributed by atoms with Crippen LogP contribution in [0.3, 0.4) is 0 Å². The Morgan fingerprint density at radius 3 is 2.44 bits per heavy atom. The summed E-state index contributed by atoms with van der Waals surface area (Å²) in [6.07, 6.45) is 0.844. The zero-order valence-electron chi connectivity index (χ0n) is 18.2. The number of ether oxygens (including phenoxy) is 1. The first-order valence-corrected chi connectivity index (χ1v) is 13.5. The summed E-state index contributed by atoms with van der Waals surface area (Å²) in [6, 6.07) is 8.75. The van der Waals surface area contributed by atoms with Crippen LogP contribution in [0.1, 0.15) is 43.0 Å². The molecule has 0 radical (unpaired) electrons. The number of carbonyl (C=O) groups is 1. The average Bonchev–Trinajstić information content (AvgIpc) is 3.15. The summed E-state index contributed by atoms with van der Waals surface area (Å²) >= 11 is 13.6. The van der Waals surface area contributed by atoms with E-state index in [1.165, 1.54) is 11.8 Å². The normalized spacial score (nSPS) is 12.6. The molecule has 3 aromatic rings. The fourth-order valence-electron chi connectivity index (χ4n) is 2.98. The smallest absolute Gasteiger partial charge is 0.408 e. The molecule has 0 saturated carbocycles. The Bertz CT molecular complexity index is 1170. The number of halogens is 2. The number of aromatic amines is 1. The minimum atomic E-state index is -4.43. The molecule has 1 amide bonds. The van der Waals surface area contributed by atoms with E-state index in [1.807, 2.05) is 13.8 Å². The second-order valence-electron chi connectivity index (χ2n) is 7.66. The number of carbonyl (C=O) groups excluding carboxylic acids is 1. The van der Waals surface area contributed by atoms with E-state index in [0.717, 1.165) is 16.2 Å². The lowest BCUT2D eigenvalue weighted by Gasteiger charge is -2.17. The van der Waals surface area contributed by atoms with E-state index in [1.54, 1.807) is 42.7 Å². The van der Waals surface area contributed by atoms with E-state index in [0.29, 0.717) is 20.9 Å². The third kappa shape index (κ3) is 8.01. The molecule has 0 saturated heterocycles. The van der Waals surface area contributed by atoms with Crippen molar-refractivity contribution in [2.45, 2.75) is 42.2 Å². The molecule has 0 spiro atoms. The van der Waals surface area contributed by atoms with Gasteiger partial charge in [-0.3, -0.25) is 9.55 Å². The van der Waals surface area contributed by atoms with Gasteiger partial charge >= 0.3 is 13.7 Å². The lowest BCUT2D eigenvalue weighted by atomic mass is 10.1. The number of imidazole rings is 1. The van der Waals surface area contributed by atoms with Gasteiger partial charge in [-0.1, -0.05) is 48.8 Å². The van der Waals surface area contributed by atoms with Crippen LogP contribution in [-0.4, -0.2) is 37.1 Å². The van der Waals surface area contributed by atoms with Gasteiger partial charge in [0.2, 0.25) is 0 Å². The minimum Gasteiger partial charge on any atom is -0.438 e. The molecular weight excluding hydrogens is 522 g/mol. The molecule has 0 aliphatic heterocycles. The first-order chi connectivity index (χ1) is 16.0. The van der Waals surface area contributed by atoms with Gasteiger partial charge in [-0.15, -0.1) is 0 Å². The van der Waals surface area contributed by atoms with Crippen LogP contribution in [0.4, 0.5) is 4.79 Å². The van der Waals surface area contributed by atoms with Crippen molar-refractivity contribution in [2.24, 2.45) is 0 Å². The number of nitrogens with one attached hydrogen (secondary N) is 2. The van der Waals surface area contributed by atoms with Crippen LogP contribution in [0.2, 0.25) is 10.0 Å². The topological polar surface area (TPSA) is 137 Å². The molecule has 2 aromatic heterocycles. The highest BCUT2D eigenvalue weighted by molar-refractivity contribution is 7.99. The molecule has 1 atom stereocenters. The number of benzene rings is 1. The lowest BCUT2D eigenvalue weighted by Crippen LogP contribution is -2.28. The predicted octanol–water partition coefficient (Wildman–Crippen LogP) is 5.53. The third-order valence-electron chi connectivity index (χ3n) is 4.50. The minimum absolute atomic E-state index is 0.0727. The van der Waals surface area contributed by atoms with Crippen LogP contribution in [0.5, 0.6) is 0 Å². The summed E-state index contributed by atoms with van der Waals surface area (Å²) in [7, 11) is -4.43. The van der Waals surface area contributed by atoms with Crippen molar-refractivity contribution in [3.8, 4) is 0 Å². The highest BCUT2D eigenvalue weighted by Gasteiger charge is 2.25. The van der Waals surface area contributed by atoms with Crippen LogP contribution >= 0.6 is 42.6 Å². The van der Waals surface area contributed by atoms with Crippen molar-refractivity contribution in [2.75, 3.05) is 6.29 Å². The number of nitrogens with zero attached hydrogens (tertiary/aromatic N) is 2. The molecule has 0 aliphatic carbocycles. The van der Waals surface area contributed by atoms with E-state index >= 15 is 0 Å². The number of amides is 1. The molecule has 2 heterocycles. The molecule has 13 heteroatoms. The van der Waals surface area contributed by atoms with Crippen LogP contribution < -0.4 is 5.32 Å². The van der Waals surface area contributed by atoms with Gasteiger partial charge in [-0.05, 0) is 41.8 Å². The number of aromatic nitrogens is 3. The first kappa shape index (κ1) is 26.5. The Morgan fingerprint density at radius 1 is 1.21 bits per heavy atom. The van der Waals surface area contributed by atoms with Crippen molar-refractivity contribution in [1.82, 2.24) is 20.3 Å². The molecule has 0 aliphatic rings. The van der Waals surface area contributed by atoms with Crippen LogP contribution in [0.15, 0.2) is 52.6 Å². The Kier molecular flexibility index (Phi) is 9.03. The standard InChI is InChI=1S/C21H23Cl2N4O5PS/c1-12(2)18-20(34-16-9-14(22)8-15(23)10-16)27-19(26-18)17(7-13-3-5-24-6-4-13)32-21(28)25-11-33(29,30)31/h3-6,8-10,12,17H,7,11H2,1-2H3,(H,25,28)(H,26,27)(H2,29,30,31). The number of H-pyrrole nitrogens is 1. The Hall–Kier alpha value is -2.07. The largest absolute Gasteiger partial charge is 0.438 e. The highest BCUT2D eigenvalue weighted by atomic mass is 35.5. The van der Waals surface area contributed by atoms with Crippen molar-refractivity contribution in [3.63, 3.8) is 0 Å². The number of alkyl carbamates (subject to hydrolysis) is 1. The predicted molar refractivity (Wildman–Crippen MR) is 130 cm³/mol. The zero-order valence-corrected chi connectivity index (χ0v) is 21.5. The molecule has 1 aromatic carbocycles. The quantitative estimate of drug-likeness (QED) is 0.258. The summed E-state index contributed by atoms with van der Waals surface area (Å²) in [5.74, 6) is 0.464. The van der Waals surface area contributed by atoms with Gasteiger partial charge in [-0.2, -0.15) is 0 Å². The summed E-state index contributed by atoms with van der Waals surface area (Å²) in [5.41, 5.74) is 1.66. The molecule has 0 fully saturated rings. The number of hydrogen-bond donors (Lipinski definition) is 4. The van der Waals surface area contributed by atoms with Gasteiger partial charge in [-0.25, -0.2) is 9.78 Å². The SMILES string of the molecule is CC(C)c1[nH]c(C(Cc2ccncc2)OC(=O)NCP(=O)(O)O)nc1Sc1cc(Cl)cc(Cl)c1. The molecule has 9 nitrogen and oxygen atoms in total. The maximum atomic E-state index is 12.3. The van der Waals surface area contributed by atoms with Gasteiger partial charge in [0.25, 0.3) is 0 Å². The van der Waals surface area contributed by atoms with E-state index < -0.39 is 26.1 Å². The fraction of sp³-hybridized carbons (Fsp3) is 0.286. The summed E-state index contributed by atoms with van der Waals surface area (Å²) in [5, 5.41) is 3.76. The van der Waals surface area contributed by atoms with Crippen LogP contribution in [-0.2, 0) is 15.7 Å². The second-order valence-corrected chi connectivity index (χ2v) is 11.2. The Balaban J connectivity index is 1.91. The fourth-order valence-corrected chi connectivity index (χ4v) is 5.10. The van der Waals surface area contributed by atoms with E-state index in [-0.39, 0.29) is 12.3 Å². The van der Waals surface area contributed by atoms with E-state index in [2.05, 4.69) is 15.3 Å². The average molecular weight is 545 g/mol. The van der Waals surface area contributed by atoms with Crippen LogP contribution in [0.25, 0.3) is 0 Å². The van der Waals surface area contributed by atoms with Crippen molar-refractivity contribution in [3.05, 3.63) is 69.9 Å². The second kappa shape index (κ2) is 11.6. The van der Waals surface area contributed by atoms with Gasteiger partial charge in [0.15, 0.2) is 6.10 Å². The van der Waals surface area contributed by atoms with Crippen molar-refractivity contribution in [1.29, 1.82) is 0 Å². The molecule has 0 bridgehead atoms.